The summed E-state index contributed by atoms with van der Waals surface area (Å²) >= 11 is 0. The van der Waals surface area contributed by atoms with E-state index in [2.05, 4.69) is 34.5 Å². The van der Waals surface area contributed by atoms with E-state index in [1.54, 1.807) is 0 Å². The Bertz CT molecular complexity index is 681. The number of anilines is 1. The summed E-state index contributed by atoms with van der Waals surface area (Å²) in [6.07, 6.45) is 3.52. The summed E-state index contributed by atoms with van der Waals surface area (Å²) in [6, 6.07) is 16.4. The van der Waals surface area contributed by atoms with Crippen LogP contribution in [-0.2, 0) is 24.2 Å². The fraction of sp³-hybridized carbons (Fsp3) is 0.350. The van der Waals surface area contributed by atoms with Crippen LogP contribution in [0.3, 0.4) is 0 Å². The summed E-state index contributed by atoms with van der Waals surface area (Å²) in [7, 11) is 1.99. The van der Waals surface area contributed by atoms with Crippen molar-refractivity contribution in [3.05, 3.63) is 65.2 Å². The minimum atomic E-state index is -0.177. The smallest absolute Gasteiger partial charge is 0.241 e. The highest BCUT2D eigenvalue weighted by molar-refractivity contribution is 5.94. The molecule has 23 heavy (non-hydrogen) atoms. The van der Waals surface area contributed by atoms with Crippen molar-refractivity contribution in [2.45, 2.75) is 38.8 Å². The van der Waals surface area contributed by atoms with Gasteiger partial charge in [0.15, 0.2) is 0 Å². The van der Waals surface area contributed by atoms with Gasteiger partial charge in [0.05, 0.1) is 6.04 Å². The van der Waals surface area contributed by atoms with Gasteiger partial charge in [-0.2, -0.15) is 0 Å². The van der Waals surface area contributed by atoms with E-state index in [9.17, 15) is 4.79 Å². The van der Waals surface area contributed by atoms with Gasteiger partial charge in [-0.15, -0.1) is 0 Å². The van der Waals surface area contributed by atoms with Crippen molar-refractivity contribution in [1.82, 2.24) is 4.90 Å². The number of carbonyl (C=O) groups is 1. The second-order valence-electron chi connectivity index (χ2n) is 6.40. The first-order chi connectivity index (χ1) is 11.1. The molecule has 0 aliphatic heterocycles. The third kappa shape index (κ3) is 3.80. The number of amides is 1. The van der Waals surface area contributed by atoms with Gasteiger partial charge in [0.1, 0.15) is 0 Å². The first-order valence-electron chi connectivity index (χ1n) is 8.30. The maximum atomic E-state index is 12.5. The van der Waals surface area contributed by atoms with E-state index in [0.29, 0.717) is 0 Å². The molecule has 0 heterocycles. The highest BCUT2D eigenvalue weighted by Gasteiger charge is 2.19. The van der Waals surface area contributed by atoms with Gasteiger partial charge in [-0.3, -0.25) is 9.69 Å². The lowest BCUT2D eigenvalue weighted by molar-refractivity contribution is -0.120. The molecule has 1 aliphatic rings. The fourth-order valence-corrected chi connectivity index (χ4v) is 3.10. The van der Waals surface area contributed by atoms with Gasteiger partial charge in [0.2, 0.25) is 5.91 Å². The molecular formula is C20H24N2O. The van der Waals surface area contributed by atoms with Crippen molar-refractivity contribution in [3.63, 3.8) is 0 Å². The Morgan fingerprint density at radius 1 is 1.13 bits per heavy atom. The van der Waals surface area contributed by atoms with Crippen LogP contribution in [0, 0.1) is 0 Å². The zero-order valence-electron chi connectivity index (χ0n) is 13.9. The van der Waals surface area contributed by atoms with E-state index >= 15 is 0 Å². The number of aryl methyl sites for hydroxylation is 2. The van der Waals surface area contributed by atoms with Crippen LogP contribution in [0.5, 0.6) is 0 Å². The zero-order chi connectivity index (χ0) is 16.2. The van der Waals surface area contributed by atoms with Gasteiger partial charge in [0, 0.05) is 12.2 Å². The Morgan fingerprint density at radius 2 is 1.87 bits per heavy atom. The second kappa shape index (κ2) is 6.97. The fourth-order valence-electron chi connectivity index (χ4n) is 3.10. The molecule has 0 saturated heterocycles. The van der Waals surface area contributed by atoms with Gasteiger partial charge in [-0.05, 0) is 62.1 Å². The Morgan fingerprint density at radius 3 is 2.65 bits per heavy atom. The van der Waals surface area contributed by atoms with Crippen molar-refractivity contribution in [2.24, 2.45) is 0 Å². The average molecular weight is 308 g/mol. The predicted octanol–water partition coefficient (Wildman–Crippen LogP) is 3.63. The molecule has 3 rings (SSSR count). The van der Waals surface area contributed by atoms with E-state index in [4.69, 9.17) is 0 Å². The number of hydrogen-bond donors (Lipinski definition) is 1. The second-order valence-corrected chi connectivity index (χ2v) is 6.40. The average Bonchev–Trinajstić information content (AvgIpc) is 3.02. The van der Waals surface area contributed by atoms with Crippen molar-refractivity contribution in [3.8, 4) is 0 Å². The van der Waals surface area contributed by atoms with Gasteiger partial charge < -0.3 is 5.32 Å². The molecule has 0 radical (unpaired) electrons. The number of likely N-dealkylation sites (N-methyl/N-ethyl adjacent to an activating group) is 1. The number of fused-ring (bicyclic) bond motifs is 1. The maximum absolute atomic E-state index is 12.5. The molecule has 0 fully saturated rings. The molecule has 2 aromatic carbocycles. The monoisotopic (exact) mass is 308 g/mol. The topological polar surface area (TPSA) is 32.3 Å². The van der Waals surface area contributed by atoms with Gasteiger partial charge in [-0.1, -0.05) is 36.4 Å². The molecular weight excluding hydrogens is 284 g/mol. The number of benzene rings is 2. The van der Waals surface area contributed by atoms with Crippen LogP contribution in [0.1, 0.15) is 30.0 Å². The van der Waals surface area contributed by atoms with E-state index < -0.39 is 0 Å². The van der Waals surface area contributed by atoms with Crippen molar-refractivity contribution >= 4 is 11.6 Å². The molecule has 0 aromatic heterocycles. The van der Waals surface area contributed by atoms with Crippen LogP contribution in [-0.4, -0.2) is 23.9 Å². The minimum Gasteiger partial charge on any atom is -0.325 e. The Labute approximate surface area is 138 Å². The number of hydrogen-bond acceptors (Lipinski definition) is 2. The Kier molecular flexibility index (Phi) is 4.77. The van der Waals surface area contributed by atoms with Gasteiger partial charge >= 0.3 is 0 Å². The quantitative estimate of drug-likeness (QED) is 0.914. The molecule has 1 aliphatic carbocycles. The van der Waals surface area contributed by atoms with E-state index in [-0.39, 0.29) is 11.9 Å². The van der Waals surface area contributed by atoms with Crippen LogP contribution in [0.25, 0.3) is 0 Å². The van der Waals surface area contributed by atoms with E-state index in [1.165, 1.54) is 29.5 Å². The third-order valence-electron chi connectivity index (χ3n) is 4.68. The number of rotatable bonds is 5. The highest BCUT2D eigenvalue weighted by Crippen LogP contribution is 2.25. The Balaban J connectivity index is 1.61. The molecule has 1 atom stereocenters. The lowest BCUT2D eigenvalue weighted by Gasteiger charge is -2.24. The van der Waals surface area contributed by atoms with Crippen LogP contribution in [0.2, 0.25) is 0 Å². The molecule has 3 heteroatoms. The van der Waals surface area contributed by atoms with Crippen LogP contribution in [0.4, 0.5) is 5.69 Å². The molecule has 0 saturated carbocycles. The van der Waals surface area contributed by atoms with Crippen molar-refractivity contribution in [2.75, 3.05) is 12.4 Å². The maximum Gasteiger partial charge on any atom is 0.241 e. The van der Waals surface area contributed by atoms with Crippen molar-refractivity contribution < 1.29 is 4.79 Å². The standard InChI is InChI=1S/C20H24N2O/c1-15(22(2)14-16-7-4-3-5-8-16)20(23)21-19-12-11-17-9-6-10-18(17)13-19/h3-5,7-8,11-13,15H,6,9-10,14H2,1-2H3,(H,21,23)/t15-/m1/s1. The summed E-state index contributed by atoms with van der Waals surface area (Å²) in [5, 5.41) is 3.06. The number of carbonyl (C=O) groups excluding carboxylic acids is 1. The third-order valence-corrected chi connectivity index (χ3v) is 4.68. The normalized spacial score (nSPS) is 14.6. The summed E-state index contributed by atoms with van der Waals surface area (Å²) in [6.45, 7) is 2.71. The molecule has 120 valence electrons. The molecule has 3 nitrogen and oxygen atoms in total. The predicted molar refractivity (Wildman–Crippen MR) is 94.5 cm³/mol. The lowest BCUT2D eigenvalue weighted by Crippen LogP contribution is -2.39. The van der Waals surface area contributed by atoms with E-state index in [0.717, 1.165) is 18.7 Å². The van der Waals surface area contributed by atoms with Gasteiger partial charge in [0.25, 0.3) is 0 Å². The van der Waals surface area contributed by atoms with E-state index in [1.807, 2.05) is 38.2 Å². The van der Waals surface area contributed by atoms with Crippen LogP contribution < -0.4 is 5.32 Å². The zero-order valence-corrected chi connectivity index (χ0v) is 13.9. The minimum absolute atomic E-state index is 0.0429. The highest BCUT2D eigenvalue weighted by atomic mass is 16.2. The first-order valence-corrected chi connectivity index (χ1v) is 8.30. The molecule has 2 aromatic rings. The summed E-state index contributed by atoms with van der Waals surface area (Å²) < 4.78 is 0. The van der Waals surface area contributed by atoms with Crippen LogP contribution >= 0.6 is 0 Å². The van der Waals surface area contributed by atoms with Gasteiger partial charge in [-0.25, -0.2) is 0 Å². The molecule has 1 N–H and O–H groups in total. The first kappa shape index (κ1) is 15.8. The molecule has 1 amide bonds. The SMILES string of the molecule is C[C@H](C(=O)Nc1ccc2c(c1)CCC2)N(C)Cc1ccccc1. The Hall–Kier alpha value is -2.13. The summed E-state index contributed by atoms with van der Waals surface area (Å²) in [5.74, 6) is 0.0429. The largest absolute Gasteiger partial charge is 0.325 e. The van der Waals surface area contributed by atoms with Crippen LogP contribution in [0.15, 0.2) is 48.5 Å². The molecule has 0 unspecified atom stereocenters. The molecule has 0 spiro atoms. The molecule has 0 bridgehead atoms. The number of nitrogens with one attached hydrogen (secondary N) is 1. The number of nitrogens with zero attached hydrogens (tertiary/aromatic N) is 1. The lowest BCUT2D eigenvalue weighted by atomic mass is 10.1. The summed E-state index contributed by atoms with van der Waals surface area (Å²) in [4.78, 5) is 14.6. The van der Waals surface area contributed by atoms with Crippen molar-refractivity contribution in [1.29, 1.82) is 0 Å². The summed E-state index contributed by atoms with van der Waals surface area (Å²) in [5.41, 5.74) is 4.94.